The number of carbonyl (C=O) groups is 1. The molecule has 0 unspecified atom stereocenters. The van der Waals surface area contributed by atoms with Crippen LogP contribution >= 0.6 is 11.6 Å². The molecule has 0 aliphatic heterocycles. The zero-order valence-corrected chi connectivity index (χ0v) is 15.1. The smallest absolute Gasteiger partial charge is 0.354 e. The molecule has 2 aromatic heterocycles. The summed E-state index contributed by atoms with van der Waals surface area (Å²) in [5.41, 5.74) is 5.24. The van der Waals surface area contributed by atoms with Gasteiger partial charge in [0.15, 0.2) is 0 Å². The Morgan fingerprint density at radius 3 is 2.54 bits per heavy atom. The lowest BCUT2D eigenvalue weighted by atomic mass is 10.2. The van der Waals surface area contributed by atoms with Gasteiger partial charge in [0.1, 0.15) is 12.0 Å². The average Bonchev–Trinajstić information content (AvgIpc) is 2.71. The van der Waals surface area contributed by atoms with Crippen LogP contribution in [0.4, 0.5) is 17.3 Å². The number of hydrogen-bond acceptors (Lipinski definition) is 8. The maximum Gasteiger partial charge on any atom is 0.354 e. The summed E-state index contributed by atoms with van der Waals surface area (Å²) in [6, 6.07) is 11.9. The number of pyridine rings is 1. The molecular formula is C17H14ClN7O3. The highest BCUT2D eigenvalue weighted by molar-refractivity contribution is 6.31. The number of nitrogens with one attached hydrogen (secondary N) is 3. The van der Waals surface area contributed by atoms with Gasteiger partial charge in [-0.15, -0.1) is 0 Å². The Kier molecular flexibility index (Phi) is 5.92. The Hall–Kier alpha value is -3.79. The number of hydrazine groups is 1. The van der Waals surface area contributed by atoms with Gasteiger partial charge < -0.3 is 5.32 Å². The summed E-state index contributed by atoms with van der Waals surface area (Å²) in [5.74, 6) is -0.764. The average molecular weight is 400 g/mol. The van der Waals surface area contributed by atoms with E-state index in [4.69, 9.17) is 11.6 Å². The van der Waals surface area contributed by atoms with Gasteiger partial charge in [-0.25, -0.2) is 9.97 Å². The van der Waals surface area contributed by atoms with E-state index in [0.29, 0.717) is 5.02 Å². The molecule has 1 aromatic carbocycles. The molecule has 0 fully saturated rings. The van der Waals surface area contributed by atoms with Crippen molar-refractivity contribution in [2.24, 2.45) is 0 Å². The van der Waals surface area contributed by atoms with E-state index in [-0.39, 0.29) is 23.9 Å². The molecule has 2 heterocycles. The molecule has 10 nitrogen and oxygen atoms in total. The molecule has 0 bridgehead atoms. The minimum atomic E-state index is -0.649. The van der Waals surface area contributed by atoms with Gasteiger partial charge in [-0.3, -0.25) is 30.7 Å². The summed E-state index contributed by atoms with van der Waals surface area (Å²) in [6.45, 7) is 0.220. The summed E-state index contributed by atoms with van der Waals surface area (Å²) in [5, 5.41) is 14.9. The second kappa shape index (κ2) is 8.73. The number of amides is 1. The SMILES string of the molecule is O=C(NNc1ncnc(NCc2ccccc2Cl)c1[N+](=O)[O-])c1ccccn1. The fourth-order valence-electron chi connectivity index (χ4n) is 2.27. The maximum absolute atomic E-state index is 12.1. The molecule has 142 valence electrons. The van der Waals surface area contributed by atoms with Gasteiger partial charge in [0.05, 0.1) is 4.92 Å². The Morgan fingerprint density at radius 2 is 1.82 bits per heavy atom. The highest BCUT2D eigenvalue weighted by Gasteiger charge is 2.23. The standard InChI is InChI=1S/C17H14ClN7O3/c18-12-6-2-1-5-11(12)9-20-15-14(25(27)28)16(22-10-21-15)23-24-17(26)13-7-3-4-8-19-13/h1-8,10H,9H2,(H,24,26)(H2,20,21,22,23). The molecule has 0 atom stereocenters. The monoisotopic (exact) mass is 399 g/mol. The number of hydrogen-bond donors (Lipinski definition) is 3. The van der Waals surface area contributed by atoms with Crippen LogP contribution in [0.1, 0.15) is 16.1 Å². The Labute approximate surface area is 164 Å². The molecule has 0 saturated heterocycles. The third-order valence-corrected chi connectivity index (χ3v) is 3.97. The molecular weight excluding hydrogens is 386 g/mol. The van der Waals surface area contributed by atoms with Crippen LogP contribution in [0, 0.1) is 10.1 Å². The topological polar surface area (TPSA) is 135 Å². The van der Waals surface area contributed by atoms with Crippen molar-refractivity contribution in [3.05, 3.63) is 81.4 Å². The fourth-order valence-corrected chi connectivity index (χ4v) is 2.47. The molecule has 0 spiro atoms. The zero-order valence-electron chi connectivity index (χ0n) is 14.3. The third-order valence-electron chi connectivity index (χ3n) is 3.60. The van der Waals surface area contributed by atoms with E-state index in [9.17, 15) is 14.9 Å². The van der Waals surface area contributed by atoms with Crippen molar-refractivity contribution >= 4 is 34.8 Å². The molecule has 3 aromatic rings. The first-order chi connectivity index (χ1) is 13.6. The second-order valence-electron chi connectivity index (χ2n) is 5.42. The van der Waals surface area contributed by atoms with Crippen molar-refractivity contribution in [3.63, 3.8) is 0 Å². The normalized spacial score (nSPS) is 10.2. The van der Waals surface area contributed by atoms with Gasteiger partial charge in [-0.05, 0) is 23.8 Å². The van der Waals surface area contributed by atoms with Crippen LogP contribution in [0.3, 0.4) is 0 Å². The van der Waals surface area contributed by atoms with E-state index < -0.39 is 16.5 Å². The number of halogens is 1. The Bertz CT molecular complexity index is 1000. The van der Waals surface area contributed by atoms with Crippen molar-refractivity contribution in [3.8, 4) is 0 Å². The number of rotatable bonds is 7. The molecule has 3 rings (SSSR count). The molecule has 1 amide bonds. The lowest BCUT2D eigenvalue weighted by molar-refractivity contribution is -0.383. The van der Waals surface area contributed by atoms with Gasteiger partial charge in [0.2, 0.25) is 11.6 Å². The van der Waals surface area contributed by atoms with Crippen LogP contribution in [0.2, 0.25) is 5.02 Å². The first-order valence-electron chi connectivity index (χ1n) is 8.00. The van der Waals surface area contributed by atoms with Gasteiger partial charge >= 0.3 is 5.69 Å². The fraction of sp³-hybridized carbons (Fsp3) is 0.0588. The van der Waals surface area contributed by atoms with E-state index in [1.807, 2.05) is 0 Å². The quantitative estimate of drug-likeness (QED) is 0.407. The van der Waals surface area contributed by atoms with Gasteiger partial charge in [0.25, 0.3) is 5.91 Å². The van der Waals surface area contributed by atoms with E-state index in [1.54, 1.807) is 36.4 Å². The van der Waals surface area contributed by atoms with Crippen molar-refractivity contribution < 1.29 is 9.72 Å². The van der Waals surface area contributed by atoms with Crippen molar-refractivity contribution in [2.75, 3.05) is 10.7 Å². The largest absolute Gasteiger partial charge is 0.360 e. The summed E-state index contributed by atoms with van der Waals surface area (Å²) in [4.78, 5) is 34.6. The minimum absolute atomic E-state index is 0.0190. The predicted octanol–water partition coefficient (Wildman–Crippen LogP) is 2.80. The number of carbonyl (C=O) groups excluding carboxylic acids is 1. The molecule has 3 N–H and O–H groups in total. The van der Waals surface area contributed by atoms with Crippen LogP contribution in [0.15, 0.2) is 55.0 Å². The number of aromatic nitrogens is 3. The predicted molar refractivity (Wildman–Crippen MR) is 103 cm³/mol. The van der Waals surface area contributed by atoms with Gasteiger partial charge in [0, 0.05) is 17.8 Å². The third kappa shape index (κ3) is 4.48. The molecule has 28 heavy (non-hydrogen) atoms. The minimum Gasteiger partial charge on any atom is -0.360 e. The summed E-state index contributed by atoms with van der Waals surface area (Å²) < 4.78 is 0. The van der Waals surface area contributed by atoms with Crippen LogP contribution in [-0.2, 0) is 6.54 Å². The number of benzene rings is 1. The first kappa shape index (κ1) is 19.0. The van der Waals surface area contributed by atoms with E-state index >= 15 is 0 Å². The molecule has 11 heteroatoms. The van der Waals surface area contributed by atoms with Crippen LogP contribution < -0.4 is 16.2 Å². The van der Waals surface area contributed by atoms with Gasteiger partial charge in [-0.2, -0.15) is 0 Å². The Morgan fingerprint density at radius 1 is 1.07 bits per heavy atom. The van der Waals surface area contributed by atoms with Crippen molar-refractivity contribution in [2.45, 2.75) is 6.54 Å². The first-order valence-corrected chi connectivity index (χ1v) is 8.38. The van der Waals surface area contributed by atoms with Crippen molar-refractivity contribution in [1.29, 1.82) is 0 Å². The zero-order chi connectivity index (χ0) is 19.9. The van der Waals surface area contributed by atoms with E-state index in [1.165, 1.54) is 12.3 Å². The molecule has 0 aliphatic rings. The molecule has 0 radical (unpaired) electrons. The highest BCUT2D eigenvalue weighted by atomic mass is 35.5. The van der Waals surface area contributed by atoms with E-state index in [2.05, 4.69) is 31.1 Å². The number of nitro groups is 1. The van der Waals surface area contributed by atoms with Crippen LogP contribution in [-0.4, -0.2) is 25.8 Å². The van der Waals surface area contributed by atoms with Crippen molar-refractivity contribution in [1.82, 2.24) is 20.4 Å². The van der Waals surface area contributed by atoms with Crippen LogP contribution in [0.25, 0.3) is 0 Å². The van der Waals surface area contributed by atoms with E-state index in [0.717, 1.165) is 11.9 Å². The maximum atomic E-state index is 12.1. The summed E-state index contributed by atoms with van der Waals surface area (Å²) in [6.07, 6.45) is 2.59. The summed E-state index contributed by atoms with van der Waals surface area (Å²) >= 11 is 6.09. The highest BCUT2D eigenvalue weighted by Crippen LogP contribution is 2.29. The lowest BCUT2D eigenvalue weighted by Crippen LogP contribution is -2.31. The lowest BCUT2D eigenvalue weighted by Gasteiger charge is -2.11. The second-order valence-corrected chi connectivity index (χ2v) is 5.82. The number of anilines is 2. The van der Waals surface area contributed by atoms with Crippen LogP contribution in [0.5, 0.6) is 0 Å². The Balaban J connectivity index is 1.76. The number of nitrogens with zero attached hydrogens (tertiary/aromatic N) is 4. The molecule has 0 saturated carbocycles. The summed E-state index contributed by atoms with van der Waals surface area (Å²) in [7, 11) is 0. The van der Waals surface area contributed by atoms with Gasteiger partial charge in [-0.1, -0.05) is 35.9 Å². The molecule has 0 aliphatic carbocycles.